The lowest BCUT2D eigenvalue weighted by Crippen LogP contribution is -2.25. The van der Waals surface area contributed by atoms with Crippen molar-refractivity contribution in [1.29, 1.82) is 0 Å². The zero-order chi connectivity index (χ0) is 12.0. The van der Waals surface area contributed by atoms with Crippen molar-refractivity contribution in [1.82, 2.24) is 4.98 Å². The van der Waals surface area contributed by atoms with Crippen molar-refractivity contribution < 1.29 is 0 Å². The number of nitrogens with zero attached hydrogens (tertiary/aromatic N) is 2. The van der Waals surface area contributed by atoms with E-state index < -0.39 is 0 Å². The third-order valence-electron chi connectivity index (χ3n) is 2.57. The Labute approximate surface area is 98.0 Å². The molecule has 2 N–H and O–H groups in total. The third kappa shape index (κ3) is 3.07. The Hall–Kier alpha value is -1.35. The quantitative estimate of drug-likeness (QED) is 0.746. The molecule has 3 heteroatoms. The summed E-state index contributed by atoms with van der Waals surface area (Å²) in [5.41, 5.74) is 7.75. The minimum absolute atomic E-state index is 0.550. The van der Waals surface area contributed by atoms with Crippen LogP contribution in [0.2, 0.25) is 0 Å². The van der Waals surface area contributed by atoms with Crippen LogP contribution >= 0.6 is 0 Å². The minimum atomic E-state index is 0.550. The molecule has 0 aliphatic rings. The van der Waals surface area contributed by atoms with Crippen molar-refractivity contribution in [3.05, 3.63) is 36.0 Å². The predicted molar refractivity (Wildman–Crippen MR) is 69.6 cm³/mol. The Kier molecular flexibility index (Phi) is 4.99. The molecule has 1 aromatic rings. The number of anilines is 1. The van der Waals surface area contributed by atoms with Gasteiger partial charge in [-0.15, -0.1) is 6.58 Å². The molecule has 0 unspecified atom stereocenters. The van der Waals surface area contributed by atoms with Crippen LogP contribution in [-0.2, 0) is 6.54 Å². The summed E-state index contributed by atoms with van der Waals surface area (Å²) in [6, 6.07) is 4.10. The molecule has 0 saturated carbocycles. The zero-order valence-corrected chi connectivity index (χ0v) is 10.2. The Morgan fingerprint density at radius 2 is 2.25 bits per heavy atom. The van der Waals surface area contributed by atoms with Gasteiger partial charge in [-0.2, -0.15) is 0 Å². The zero-order valence-electron chi connectivity index (χ0n) is 10.2. The van der Waals surface area contributed by atoms with E-state index >= 15 is 0 Å². The highest BCUT2D eigenvalue weighted by atomic mass is 15.2. The van der Waals surface area contributed by atoms with Crippen molar-refractivity contribution in [2.75, 3.05) is 18.0 Å². The topological polar surface area (TPSA) is 42.1 Å². The number of nitrogens with two attached hydrogens (primary N) is 1. The van der Waals surface area contributed by atoms with E-state index in [1.165, 1.54) is 0 Å². The van der Waals surface area contributed by atoms with Crippen LogP contribution in [0.15, 0.2) is 24.8 Å². The normalized spacial score (nSPS) is 10.2. The summed E-state index contributed by atoms with van der Waals surface area (Å²) in [7, 11) is 0. The van der Waals surface area contributed by atoms with E-state index in [2.05, 4.69) is 29.5 Å². The van der Waals surface area contributed by atoms with Crippen LogP contribution in [-0.4, -0.2) is 18.1 Å². The van der Waals surface area contributed by atoms with Crippen molar-refractivity contribution in [3.8, 4) is 0 Å². The monoisotopic (exact) mass is 219 g/mol. The van der Waals surface area contributed by atoms with Gasteiger partial charge in [0.25, 0.3) is 0 Å². The van der Waals surface area contributed by atoms with Crippen LogP contribution in [0.3, 0.4) is 0 Å². The van der Waals surface area contributed by atoms with Crippen LogP contribution in [0.1, 0.15) is 24.6 Å². The highest BCUT2D eigenvalue weighted by Gasteiger charge is 2.06. The summed E-state index contributed by atoms with van der Waals surface area (Å²) in [5.74, 6) is 1.01. The lowest BCUT2D eigenvalue weighted by atomic mass is 10.2. The third-order valence-corrected chi connectivity index (χ3v) is 2.57. The first-order valence-electron chi connectivity index (χ1n) is 5.75. The molecule has 0 amide bonds. The molecule has 1 rings (SSSR count). The summed E-state index contributed by atoms with van der Waals surface area (Å²) < 4.78 is 0. The molecule has 88 valence electrons. The Balaban J connectivity index is 2.91. The van der Waals surface area contributed by atoms with Gasteiger partial charge in [-0.3, -0.25) is 0 Å². The molecule has 0 aliphatic carbocycles. The van der Waals surface area contributed by atoms with Crippen LogP contribution in [0.5, 0.6) is 0 Å². The highest BCUT2D eigenvalue weighted by molar-refractivity contribution is 5.42. The van der Waals surface area contributed by atoms with Gasteiger partial charge >= 0.3 is 0 Å². The molecule has 0 fully saturated rings. The van der Waals surface area contributed by atoms with E-state index in [1.54, 1.807) is 0 Å². The Morgan fingerprint density at radius 3 is 2.75 bits per heavy atom. The van der Waals surface area contributed by atoms with E-state index in [-0.39, 0.29) is 0 Å². The molecule has 1 heterocycles. The molecule has 0 aromatic carbocycles. The standard InChI is InChI=1S/C13H21N3/c1-4-8-16(9-5-2)13-7-6-12(10-14)11(3)15-13/h4,6-7H,1,5,8-10,14H2,2-3H3. The van der Waals surface area contributed by atoms with Gasteiger partial charge in [0.15, 0.2) is 0 Å². The summed E-state index contributed by atoms with van der Waals surface area (Å²) in [6.45, 7) is 10.3. The number of aryl methyl sites for hydroxylation is 1. The highest BCUT2D eigenvalue weighted by Crippen LogP contribution is 2.14. The second-order valence-corrected chi connectivity index (χ2v) is 3.85. The fraction of sp³-hybridized carbons (Fsp3) is 0.462. The number of aromatic nitrogens is 1. The van der Waals surface area contributed by atoms with E-state index in [1.807, 2.05) is 19.1 Å². The second kappa shape index (κ2) is 6.28. The fourth-order valence-corrected chi connectivity index (χ4v) is 1.69. The van der Waals surface area contributed by atoms with Gasteiger partial charge in [0.1, 0.15) is 5.82 Å². The first-order valence-corrected chi connectivity index (χ1v) is 5.75. The summed E-state index contributed by atoms with van der Waals surface area (Å²) in [6.07, 6.45) is 3.01. The van der Waals surface area contributed by atoms with Crippen molar-refractivity contribution >= 4 is 5.82 Å². The van der Waals surface area contributed by atoms with E-state index in [4.69, 9.17) is 5.73 Å². The molecule has 0 atom stereocenters. The molecule has 16 heavy (non-hydrogen) atoms. The van der Waals surface area contributed by atoms with Gasteiger partial charge in [-0.1, -0.05) is 19.1 Å². The van der Waals surface area contributed by atoms with Crippen LogP contribution in [0, 0.1) is 6.92 Å². The smallest absolute Gasteiger partial charge is 0.129 e. The van der Waals surface area contributed by atoms with Gasteiger partial charge < -0.3 is 10.6 Å². The van der Waals surface area contributed by atoms with Gasteiger partial charge in [-0.25, -0.2) is 4.98 Å². The van der Waals surface area contributed by atoms with E-state index in [9.17, 15) is 0 Å². The maximum atomic E-state index is 5.62. The van der Waals surface area contributed by atoms with Gasteiger partial charge in [0.05, 0.1) is 0 Å². The summed E-state index contributed by atoms with van der Waals surface area (Å²) >= 11 is 0. The molecule has 0 bridgehead atoms. The van der Waals surface area contributed by atoms with Crippen molar-refractivity contribution in [2.24, 2.45) is 5.73 Å². The molecular formula is C13H21N3. The molecule has 0 radical (unpaired) electrons. The number of pyridine rings is 1. The minimum Gasteiger partial charge on any atom is -0.353 e. The summed E-state index contributed by atoms with van der Waals surface area (Å²) in [4.78, 5) is 6.80. The van der Waals surface area contributed by atoms with E-state index in [0.29, 0.717) is 6.54 Å². The number of hydrogen-bond acceptors (Lipinski definition) is 3. The van der Waals surface area contributed by atoms with Gasteiger partial charge in [0, 0.05) is 25.3 Å². The van der Waals surface area contributed by atoms with Crippen LogP contribution in [0.25, 0.3) is 0 Å². The lowest BCUT2D eigenvalue weighted by molar-refractivity contribution is 0.798. The molecule has 1 aromatic heterocycles. The first-order chi connectivity index (χ1) is 7.72. The lowest BCUT2D eigenvalue weighted by Gasteiger charge is -2.22. The van der Waals surface area contributed by atoms with Crippen LogP contribution in [0.4, 0.5) is 5.82 Å². The summed E-state index contributed by atoms with van der Waals surface area (Å²) in [5, 5.41) is 0. The van der Waals surface area contributed by atoms with E-state index in [0.717, 1.165) is 36.6 Å². The van der Waals surface area contributed by atoms with Gasteiger partial charge in [-0.05, 0) is 25.0 Å². The molecule has 0 spiro atoms. The maximum absolute atomic E-state index is 5.62. The Bertz CT molecular complexity index is 347. The molecule has 0 aliphatic heterocycles. The largest absolute Gasteiger partial charge is 0.353 e. The average Bonchev–Trinajstić information content (AvgIpc) is 2.28. The number of hydrogen-bond donors (Lipinski definition) is 1. The number of rotatable bonds is 6. The molecular weight excluding hydrogens is 198 g/mol. The van der Waals surface area contributed by atoms with Crippen molar-refractivity contribution in [3.63, 3.8) is 0 Å². The second-order valence-electron chi connectivity index (χ2n) is 3.85. The molecule has 0 saturated heterocycles. The predicted octanol–water partition coefficient (Wildman–Crippen LogP) is 2.25. The SMILES string of the molecule is C=CCN(CCC)c1ccc(CN)c(C)n1. The maximum Gasteiger partial charge on any atom is 0.129 e. The van der Waals surface area contributed by atoms with Crippen molar-refractivity contribution in [2.45, 2.75) is 26.8 Å². The first kappa shape index (κ1) is 12.7. The van der Waals surface area contributed by atoms with Crippen LogP contribution < -0.4 is 10.6 Å². The molecule has 3 nitrogen and oxygen atoms in total. The van der Waals surface area contributed by atoms with Gasteiger partial charge in [0.2, 0.25) is 0 Å². The fourth-order valence-electron chi connectivity index (χ4n) is 1.69. The Morgan fingerprint density at radius 1 is 1.50 bits per heavy atom. The average molecular weight is 219 g/mol.